The third-order valence-electron chi connectivity index (χ3n) is 4.41. The molecule has 0 saturated carbocycles. The van der Waals surface area contributed by atoms with E-state index in [-0.39, 0.29) is 0 Å². The van der Waals surface area contributed by atoms with Crippen molar-refractivity contribution in [1.82, 2.24) is 4.98 Å². The number of nitrogens with zero attached hydrogens (tertiary/aromatic N) is 2. The Kier molecular flexibility index (Phi) is 7.64. The van der Waals surface area contributed by atoms with E-state index in [1.54, 1.807) is 25.3 Å². The van der Waals surface area contributed by atoms with Gasteiger partial charge in [-0.2, -0.15) is 5.26 Å². The van der Waals surface area contributed by atoms with E-state index in [4.69, 9.17) is 42.1 Å². The van der Waals surface area contributed by atoms with Gasteiger partial charge in [-0.3, -0.25) is 4.98 Å². The molecule has 1 aromatic heterocycles. The summed E-state index contributed by atoms with van der Waals surface area (Å²) in [5.41, 5.74) is 1.96. The van der Waals surface area contributed by atoms with Crippen LogP contribution in [0, 0.1) is 11.3 Å². The molecular formula is C22H21Cl2N3O4. The molecule has 0 fully saturated rings. The Morgan fingerprint density at radius 3 is 2.55 bits per heavy atom. The highest BCUT2D eigenvalue weighted by Crippen LogP contribution is 2.41. The fourth-order valence-corrected chi connectivity index (χ4v) is 3.50. The van der Waals surface area contributed by atoms with Crippen LogP contribution in [0.15, 0.2) is 30.5 Å². The third-order valence-corrected chi connectivity index (χ3v) is 5.02. The van der Waals surface area contributed by atoms with Crippen molar-refractivity contribution in [2.75, 3.05) is 39.4 Å². The van der Waals surface area contributed by atoms with Crippen LogP contribution in [0.2, 0.25) is 10.0 Å². The number of benzene rings is 2. The Bertz CT molecular complexity index is 1130. The summed E-state index contributed by atoms with van der Waals surface area (Å²) in [6, 6.07) is 9.00. The predicted molar refractivity (Wildman–Crippen MR) is 121 cm³/mol. The molecule has 0 aliphatic rings. The molecule has 0 atom stereocenters. The molecule has 2 aromatic carbocycles. The van der Waals surface area contributed by atoms with Gasteiger partial charge in [0.05, 0.1) is 47.3 Å². The zero-order chi connectivity index (χ0) is 22.4. The summed E-state index contributed by atoms with van der Waals surface area (Å²) in [7, 11) is 3.12. The van der Waals surface area contributed by atoms with E-state index in [2.05, 4.69) is 16.4 Å². The van der Waals surface area contributed by atoms with Crippen LogP contribution in [0.25, 0.3) is 10.9 Å². The molecule has 0 unspecified atom stereocenters. The molecule has 0 saturated heterocycles. The van der Waals surface area contributed by atoms with Gasteiger partial charge in [-0.15, -0.1) is 0 Å². The second-order valence-electron chi connectivity index (χ2n) is 6.31. The maximum atomic E-state index is 9.66. The summed E-state index contributed by atoms with van der Waals surface area (Å²) in [6.07, 6.45) is 1.48. The van der Waals surface area contributed by atoms with Crippen molar-refractivity contribution in [2.24, 2.45) is 0 Å². The maximum Gasteiger partial charge on any atom is 0.187 e. The Morgan fingerprint density at radius 1 is 1.06 bits per heavy atom. The normalized spacial score (nSPS) is 10.6. The first kappa shape index (κ1) is 22.8. The number of nitriles is 1. The number of aromatic nitrogens is 1. The molecule has 1 heterocycles. The number of methoxy groups -OCH3 is 2. The van der Waals surface area contributed by atoms with Gasteiger partial charge in [0, 0.05) is 24.8 Å². The van der Waals surface area contributed by atoms with Crippen molar-refractivity contribution in [1.29, 1.82) is 5.26 Å². The van der Waals surface area contributed by atoms with Gasteiger partial charge >= 0.3 is 0 Å². The Balaban J connectivity index is 2.15. The van der Waals surface area contributed by atoms with Crippen molar-refractivity contribution < 1.29 is 18.9 Å². The predicted octanol–water partition coefficient (Wildman–Crippen LogP) is 5.59. The molecule has 0 amide bonds. The fraction of sp³-hybridized carbons (Fsp3) is 0.273. The number of hydrogen-bond donors (Lipinski definition) is 1. The minimum Gasteiger partial charge on any atom is -0.495 e. The van der Waals surface area contributed by atoms with Crippen LogP contribution in [0.1, 0.15) is 12.5 Å². The lowest BCUT2D eigenvalue weighted by atomic mass is 10.1. The summed E-state index contributed by atoms with van der Waals surface area (Å²) in [5.74, 6) is 1.48. The first-order valence-electron chi connectivity index (χ1n) is 9.44. The number of anilines is 2. The third kappa shape index (κ3) is 4.88. The number of pyridine rings is 1. The van der Waals surface area contributed by atoms with Crippen LogP contribution in [0.4, 0.5) is 11.4 Å². The number of hydrogen-bond acceptors (Lipinski definition) is 7. The van der Waals surface area contributed by atoms with E-state index in [0.717, 1.165) is 0 Å². The van der Waals surface area contributed by atoms with Gasteiger partial charge in [0.1, 0.15) is 23.9 Å². The number of halogens is 2. The van der Waals surface area contributed by atoms with E-state index >= 15 is 0 Å². The highest BCUT2D eigenvalue weighted by Gasteiger charge is 2.18. The monoisotopic (exact) mass is 461 g/mol. The highest BCUT2D eigenvalue weighted by molar-refractivity contribution is 6.37. The first-order valence-corrected chi connectivity index (χ1v) is 10.2. The Labute approximate surface area is 190 Å². The average molecular weight is 462 g/mol. The Morgan fingerprint density at radius 2 is 1.87 bits per heavy atom. The van der Waals surface area contributed by atoms with Crippen LogP contribution >= 0.6 is 23.2 Å². The number of fused-ring (bicyclic) bond motifs is 1. The largest absolute Gasteiger partial charge is 0.495 e. The van der Waals surface area contributed by atoms with E-state index in [1.165, 1.54) is 13.3 Å². The van der Waals surface area contributed by atoms with E-state index in [1.807, 2.05) is 13.0 Å². The minimum atomic E-state index is 0.341. The highest BCUT2D eigenvalue weighted by atomic mass is 35.5. The molecule has 0 bridgehead atoms. The van der Waals surface area contributed by atoms with Gasteiger partial charge < -0.3 is 24.3 Å². The molecule has 9 heteroatoms. The number of rotatable bonds is 9. The molecule has 0 radical (unpaired) electrons. The van der Waals surface area contributed by atoms with Crippen LogP contribution in [0.5, 0.6) is 17.2 Å². The van der Waals surface area contributed by atoms with E-state index in [0.29, 0.717) is 75.0 Å². The van der Waals surface area contributed by atoms with Crippen LogP contribution in [-0.4, -0.2) is 39.0 Å². The lowest BCUT2D eigenvalue weighted by Gasteiger charge is -2.17. The summed E-state index contributed by atoms with van der Waals surface area (Å²) in [4.78, 5) is 4.45. The van der Waals surface area contributed by atoms with Crippen molar-refractivity contribution >= 4 is 45.5 Å². The molecule has 3 aromatic rings. The van der Waals surface area contributed by atoms with E-state index in [9.17, 15) is 5.26 Å². The number of nitrogens with one attached hydrogen (secondary N) is 1. The second kappa shape index (κ2) is 10.4. The topological polar surface area (TPSA) is 85.6 Å². The average Bonchev–Trinajstić information content (AvgIpc) is 2.77. The second-order valence-corrected chi connectivity index (χ2v) is 7.13. The number of ether oxygens (including phenoxy) is 4. The summed E-state index contributed by atoms with van der Waals surface area (Å²) >= 11 is 12.5. The van der Waals surface area contributed by atoms with Crippen LogP contribution in [-0.2, 0) is 4.74 Å². The zero-order valence-corrected chi connectivity index (χ0v) is 18.8. The lowest BCUT2D eigenvalue weighted by molar-refractivity contribution is 0.143. The smallest absolute Gasteiger partial charge is 0.187 e. The van der Waals surface area contributed by atoms with Gasteiger partial charge in [0.15, 0.2) is 11.5 Å². The summed E-state index contributed by atoms with van der Waals surface area (Å²) in [6.45, 7) is 3.10. The minimum absolute atomic E-state index is 0.341. The van der Waals surface area contributed by atoms with Crippen LogP contribution in [0.3, 0.4) is 0 Å². The van der Waals surface area contributed by atoms with Gasteiger partial charge in [0.25, 0.3) is 0 Å². The van der Waals surface area contributed by atoms with Gasteiger partial charge in [-0.1, -0.05) is 23.2 Å². The van der Waals surface area contributed by atoms with Gasteiger partial charge in [-0.25, -0.2) is 0 Å². The molecule has 3 rings (SSSR count). The molecule has 0 spiro atoms. The Hall–Kier alpha value is -2.92. The van der Waals surface area contributed by atoms with Gasteiger partial charge in [0.2, 0.25) is 0 Å². The molecular weight excluding hydrogens is 441 g/mol. The summed E-state index contributed by atoms with van der Waals surface area (Å²) < 4.78 is 21.9. The summed E-state index contributed by atoms with van der Waals surface area (Å²) in [5, 5.41) is 14.3. The van der Waals surface area contributed by atoms with Crippen molar-refractivity contribution in [3.8, 4) is 23.3 Å². The van der Waals surface area contributed by atoms with Crippen molar-refractivity contribution in [2.45, 2.75) is 6.92 Å². The van der Waals surface area contributed by atoms with E-state index < -0.39 is 0 Å². The molecule has 7 nitrogen and oxygen atoms in total. The fourth-order valence-electron chi connectivity index (χ4n) is 2.99. The standard InChI is InChI=1S/C22H21Cl2N3O4/c1-4-30-22-18(31-8-7-28-2)6-5-14-20(13(11-25)12-26-21(14)22)27-17-10-19(29-3)16(24)9-15(17)23/h5-6,9-10,12H,4,7-8H2,1-3H3,(H,26,27). The first-order chi connectivity index (χ1) is 15.0. The van der Waals surface area contributed by atoms with Crippen molar-refractivity contribution in [3.63, 3.8) is 0 Å². The zero-order valence-electron chi connectivity index (χ0n) is 17.3. The molecule has 162 valence electrons. The maximum absolute atomic E-state index is 9.66. The lowest BCUT2D eigenvalue weighted by Crippen LogP contribution is -2.07. The van der Waals surface area contributed by atoms with Gasteiger partial charge in [-0.05, 0) is 25.1 Å². The molecule has 0 aliphatic heterocycles. The van der Waals surface area contributed by atoms with Crippen molar-refractivity contribution in [3.05, 3.63) is 46.1 Å². The van der Waals surface area contributed by atoms with Crippen LogP contribution < -0.4 is 19.5 Å². The molecule has 31 heavy (non-hydrogen) atoms. The quantitative estimate of drug-likeness (QED) is 0.415. The molecule has 1 N–H and O–H groups in total. The SMILES string of the molecule is CCOc1c(OCCOC)ccc2c(Nc3cc(OC)c(Cl)cc3Cl)c(C#N)cnc12. The molecule has 0 aliphatic carbocycles.